The molecule has 1 fully saturated rings. The number of nitrogens with zero attached hydrogens (tertiary/aromatic N) is 7. The normalized spacial score (nSPS) is 16.9. The Balaban J connectivity index is 1.55. The van der Waals surface area contributed by atoms with Crippen LogP contribution in [0.3, 0.4) is 0 Å². The predicted molar refractivity (Wildman–Crippen MR) is 124 cm³/mol. The average molecular weight is 430 g/mol. The highest BCUT2D eigenvalue weighted by Crippen LogP contribution is 2.27. The highest BCUT2D eigenvalue weighted by Gasteiger charge is 2.31. The highest BCUT2D eigenvalue weighted by molar-refractivity contribution is 5.70. The molecular formula is C23H27N9. The number of fused-ring (bicyclic) bond motifs is 1. The van der Waals surface area contributed by atoms with E-state index in [0.717, 1.165) is 54.6 Å². The minimum absolute atomic E-state index is 0.186. The molecule has 0 aliphatic carbocycles. The maximum absolute atomic E-state index is 6.71. The van der Waals surface area contributed by atoms with Crippen LogP contribution in [0.2, 0.25) is 0 Å². The number of hydrogen-bond donors (Lipinski definition) is 2. The molecule has 0 radical (unpaired) electrons. The summed E-state index contributed by atoms with van der Waals surface area (Å²) < 4.78 is 2.02. The van der Waals surface area contributed by atoms with Gasteiger partial charge in [-0.2, -0.15) is 0 Å². The summed E-state index contributed by atoms with van der Waals surface area (Å²) in [6, 6.07) is 11.6. The molecule has 164 valence electrons. The third-order valence-corrected chi connectivity index (χ3v) is 6.14. The van der Waals surface area contributed by atoms with E-state index >= 15 is 0 Å². The Morgan fingerprint density at radius 3 is 2.50 bits per heavy atom. The van der Waals surface area contributed by atoms with E-state index in [2.05, 4.69) is 31.8 Å². The van der Waals surface area contributed by atoms with Gasteiger partial charge in [0.25, 0.3) is 0 Å². The third-order valence-electron chi connectivity index (χ3n) is 6.14. The molecule has 1 aliphatic rings. The lowest BCUT2D eigenvalue weighted by Crippen LogP contribution is -2.46. The Hall–Kier alpha value is -3.40. The number of nitrogens with two attached hydrogens (primary N) is 2. The number of hydrogen-bond acceptors (Lipinski definition) is 8. The molecule has 9 nitrogen and oxygen atoms in total. The van der Waals surface area contributed by atoms with Crippen LogP contribution in [0.15, 0.2) is 61.2 Å². The molecule has 1 saturated heterocycles. The van der Waals surface area contributed by atoms with Crippen LogP contribution in [-0.4, -0.2) is 69.0 Å². The molecule has 1 unspecified atom stereocenters. The average Bonchev–Trinajstić information content (AvgIpc) is 3.29. The first-order chi connectivity index (χ1) is 15.6. The van der Waals surface area contributed by atoms with Crippen molar-refractivity contribution in [2.24, 2.45) is 11.5 Å². The summed E-state index contributed by atoms with van der Waals surface area (Å²) in [5, 5.41) is 0. The number of aromatic nitrogens is 5. The number of anilines is 1. The van der Waals surface area contributed by atoms with E-state index < -0.39 is 5.54 Å². The van der Waals surface area contributed by atoms with E-state index in [0.29, 0.717) is 5.82 Å². The van der Waals surface area contributed by atoms with Crippen molar-refractivity contribution in [2.75, 3.05) is 44.7 Å². The summed E-state index contributed by atoms with van der Waals surface area (Å²) in [7, 11) is 2.14. The van der Waals surface area contributed by atoms with Crippen molar-refractivity contribution in [1.82, 2.24) is 29.2 Å². The first-order valence-electron chi connectivity index (χ1n) is 10.7. The molecule has 3 aromatic heterocycles. The van der Waals surface area contributed by atoms with E-state index in [9.17, 15) is 0 Å². The zero-order valence-electron chi connectivity index (χ0n) is 18.1. The molecule has 0 bridgehead atoms. The molecule has 9 heteroatoms. The van der Waals surface area contributed by atoms with Crippen LogP contribution in [0.1, 0.15) is 11.4 Å². The molecule has 0 saturated carbocycles. The highest BCUT2D eigenvalue weighted by atomic mass is 15.3. The van der Waals surface area contributed by atoms with E-state index in [4.69, 9.17) is 16.5 Å². The van der Waals surface area contributed by atoms with Crippen molar-refractivity contribution in [3.05, 3.63) is 72.6 Å². The van der Waals surface area contributed by atoms with Crippen molar-refractivity contribution in [3.8, 4) is 11.4 Å². The lowest BCUT2D eigenvalue weighted by Gasteiger charge is -2.33. The van der Waals surface area contributed by atoms with E-state index in [-0.39, 0.29) is 6.54 Å². The number of rotatable bonds is 5. The molecule has 0 spiro atoms. The predicted octanol–water partition coefficient (Wildman–Crippen LogP) is 1.10. The Labute approximate surface area is 186 Å². The second-order valence-electron chi connectivity index (χ2n) is 8.19. The molecule has 1 atom stereocenters. The van der Waals surface area contributed by atoms with E-state index in [1.807, 2.05) is 59.4 Å². The topological polar surface area (TPSA) is 114 Å². The lowest BCUT2D eigenvalue weighted by molar-refractivity contribution is 0.312. The van der Waals surface area contributed by atoms with Crippen molar-refractivity contribution in [1.29, 1.82) is 0 Å². The Bertz CT molecular complexity index is 1210. The van der Waals surface area contributed by atoms with Crippen LogP contribution in [0.25, 0.3) is 17.0 Å². The van der Waals surface area contributed by atoms with Crippen LogP contribution in [0.5, 0.6) is 0 Å². The summed E-state index contributed by atoms with van der Waals surface area (Å²) in [5.41, 5.74) is 15.1. The second-order valence-corrected chi connectivity index (χ2v) is 8.19. The molecule has 4 heterocycles. The second kappa shape index (κ2) is 8.27. The first-order valence-corrected chi connectivity index (χ1v) is 10.7. The fraction of sp³-hybridized carbons (Fsp3) is 0.304. The van der Waals surface area contributed by atoms with Gasteiger partial charge in [0.05, 0.1) is 17.6 Å². The van der Waals surface area contributed by atoms with Crippen molar-refractivity contribution in [2.45, 2.75) is 5.54 Å². The number of likely N-dealkylation sites (N-methyl/N-ethyl adjacent to an activating group) is 1. The maximum atomic E-state index is 6.71. The SMILES string of the molecule is CN1CCN(c2nccn3c(-c4ccnc(C(N)(CN)c5ccccc5)n4)cnc23)CC1. The van der Waals surface area contributed by atoms with Crippen LogP contribution >= 0.6 is 0 Å². The van der Waals surface area contributed by atoms with Gasteiger partial charge in [-0.25, -0.2) is 19.9 Å². The van der Waals surface area contributed by atoms with E-state index in [1.54, 1.807) is 6.20 Å². The minimum Gasteiger partial charge on any atom is -0.351 e. The quantitative estimate of drug-likeness (QED) is 0.485. The molecule has 4 aromatic rings. The zero-order chi connectivity index (χ0) is 22.1. The van der Waals surface area contributed by atoms with Gasteiger partial charge in [-0.3, -0.25) is 4.40 Å². The molecular weight excluding hydrogens is 402 g/mol. The van der Waals surface area contributed by atoms with Gasteiger partial charge in [0.1, 0.15) is 5.54 Å². The van der Waals surface area contributed by atoms with Crippen molar-refractivity contribution < 1.29 is 0 Å². The fourth-order valence-corrected chi connectivity index (χ4v) is 4.13. The summed E-state index contributed by atoms with van der Waals surface area (Å²) in [6.45, 7) is 4.04. The summed E-state index contributed by atoms with van der Waals surface area (Å²) in [6.07, 6.45) is 7.27. The van der Waals surface area contributed by atoms with Gasteiger partial charge < -0.3 is 21.3 Å². The molecule has 0 amide bonds. The Morgan fingerprint density at radius 1 is 0.969 bits per heavy atom. The van der Waals surface area contributed by atoms with Crippen LogP contribution in [-0.2, 0) is 5.54 Å². The van der Waals surface area contributed by atoms with Gasteiger partial charge in [-0.15, -0.1) is 0 Å². The lowest BCUT2D eigenvalue weighted by atomic mass is 9.90. The van der Waals surface area contributed by atoms with Crippen LogP contribution in [0, 0.1) is 0 Å². The van der Waals surface area contributed by atoms with Gasteiger partial charge in [0, 0.05) is 51.3 Å². The Morgan fingerprint density at radius 2 is 1.75 bits per heavy atom. The standard InChI is InChI=1S/C23H27N9/c1-30-11-13-31(14-12-30)20-21-28-15-19(32(21)10-9-26-20)18-7-8-27-22(29-18)23(25,16-24)17-5-3-2-4-6-17/h2-10,15H,11-14,16,24-25H2,1H3. The zero-order valence-corrected chi connectivity index (χ0v) is 18.1. The van der Waals surface area contributed by atoms with Crippen molar-refractivity contribution in [3.63, 3.8) is 0 Å². The summed E-state index contributed by atoms with van der Waals surface area (Å²) in [5.74, 6) is 1.37. The van der Waals surface area contributed by atoms with Gasteiger partial charge in [-0.1, -0.05) is 30.3 Å². The van der Waals surface area contributed by atoms with Gasteiger partial charge in [-0.05, 0) is 18.7 Å². The third kappa shape index (κ3) is 3.50. The maximum Gasteiger partial charge on any atom is 0.180 e. The smallest absolute Gasteiger partial charge is 0.180 e. The molecule has 32 heavy (non-hydrogen) atoms. The number of piperazine rings is 1. The minimum atomic E-state index is -0.982. The van der Waals surface area contributed by atoms with Gasteiger partial charge >= 0.3 is 0 Å². The van der Waals surface area contributed by atoms with Crippen LogP contribution < -0.4 is 16.4 Å². The molecule has 1 aliphatic heterocycles. The van der Waals surface area contributed by atoms with Crippen molar-refractivity contribution >= 4 is 11.5 Å². The van der Waals surface area contributed by atoms with Gasteiger partial charge in [0.15, 0.2) is 17.3 Å². The summed E-state index contributed by atoms with van der Waals surface area (Å²) >= 11 is 0. The van der Waals surface area contributed by atoms with E-state index in [1.165, 1.54) is 0 Å². The van der Waals surface area contributed by atoms with Crippen LogP contribution in [0.4, 0.5) is 5.82 Å². The number of imidazole rings is 1. The molecule has 5 rings (SSSR count). The summed E-state index contributed by atoms with van der Waals surface area (Å²) in [4.78, 5) is 23.2. The van der Waals surface area contributed by atoms with Gasteiger partial charge in [0.2, 0.25) is 0 Å². The monoisotopic (exact) mass is 429 g/mol. The Kier molecular flexibility index (Phi) is 5.30. The molecule has 4 N–H and O–H groups in total. The number of benzene rings is 1. The fourth-order valence-electron chi connectivity index (χ4n) is 4.13. The molecule has 1 aromatic carbocycles. The largest absolute Gasteiger partial charge is 0.351 e. The first kappa shape index (κ1) is 20.5.